The van der Waals surface area contributed by atoms with Crippen LogP contribution in [0.2, 0.25) is 0 Å². The molecule has 34 heavy (non-hydrogen) atoms. The largest absolute Gasteiger partial charge is 0.452 e. The third-order valence-corrected chi connectivity index (χ3v) is 7.23. The van der Waals surface area contributed by atoms with Crippen LogP contribution in [0.25, 0.3) is 0 Å². The highest BCUT2D eigenvalue weighted by molar-refractivity contribution is 6.23. The molecule has 1 saturated carbocycles. The van der Waals surface area contributed by atoms with E-state index in [2.05, 4.69) is 11.4 Å². The minimum atomic E-state index is -0.656. The molecule has 1 saturated heterocycles. The highest BCUT2D eigenvalue weighted by atomic mass is 16.5. The van der Waals surface area contributed by atoms with Crippen molar-refractivity contribution in [1.29, 1.82) is 0 Å². The van der Waals surface area contributed by atoms with E-state index in [0.717, 1.165) is 17.5 Å². The zero-order chi connectivity index (χ0) is 24.1. The Hall–Kier alpha value is -3.74. The van der Waals surface area contributed by atoms with Crippen LogP contribution in [0.4, 0.5) is 11.4 Å². The third-order valence-electron chi connectivity index (χ3n) is 7.23. The number of amides is 3. The number of imide groups is 1. The number of allylic oxidation sites excluding steroid dienone is 2. The minimum absolute atomic E-state index is 0.139. The number of nitrogens with zero attached hydrogens (tertiary/aromatic N) is 1. The van der Waals surface area contributed by atoms with E-state index in [-0.39, 0.29) is 41.0 Å². The molecule has 0 aromatic heterocycles. The van der Waals surface area contributed by atoms with Crippen LogP contribution in [0.1, 0.15) is 34.8 Å². The number of carbonyl (C=O) groups excluding carboxylic acids is 4. The molecule has 0 radical (unpaired) electrons. The third kappa shape index (κ3) is 3.61. The van der Waals surface area contributed by atoms with Crippen LogP contribution in [0.3, 0.4) is 0 Å². The number of benzene rings is 2. The van der Waals surface area contributed by atoms with Gasteiger partial charge in [-0.2, -0.15) is 0 Å². The number of hydrogen-bond donors (Lipinski definition) is 1. The molecular weight excluding hydrogens is 432 g/mol. The van der Waals surface area contributed by atoms with Crippen LogP contribution in [-0.4, -0.2) is 30.3 Å². The summed E-state index contributed by atoms with van der Waals surface area (Å²) in [6.07, 6.45) is 3.02. The summed E-state index contributed by atoms with van der Waals surface area (Å²) in [6, 6.07) is 11.8. The Morgan fingerprint density at radius 3 is 2.41 bits per heavy atom. The van der Waals surface area contributed by atoms with Gasteiger partial charge in [0.25, 0.3) is 5.91 Å². The van der Waals surface area contributed by atoms with Gasteiger partial charge in [-0.15, -0.1) is 0 Å². The van der Waals surface area contributed by atoms with Crippen LogP contribution >= 0.6 is 0 Å². The lowest BCUT2D eigenvalue weighted by Crippen LogP contribution is -2.33. The lowest BCUT2D eigenvalue weighted by Gasteiger charge is -2.19. The predicted molar refractivity (Wildman–Crippen MR) is 126 cm³/mol. The first-order valence-electron chi connectivity index (χ1n) is 11.4. The molecule has 2 fully saturated rings. The van der Waals surface area contributed by atoms with Crippen molar-refractivity contribution in [1.82, 2.24) is 0 Å². The van der Waals surface area contributed by atoms with Crippen LogP contribution in [0.5, 0.6) is 0 Å². The second kappa shape index (κ2) is 8.24. The van der Waals surface area contributed by atoms with E-state index in [1.165, 1.54) is 22.6 Å². The van der Waals surface area contributed by atoms with Crippen molar-refractivity contribution in [3.05, 3.63) is 70.8 Å². The summed E-state index contributed by atoms with van der Waals surface area (Å²) in [7, 11) is 0. The van der Waals surface area contributed by atoms with E-state index in [1.54, 1.807) is 18.2 Å². The Bertz CT molecular complexity index is 1250. The summed E-state index contributed by atoms with van der Waals surface area (Å²) >= 11 is 0. The van der Waals surface area contributed by atoms with Crippen molar-refractivity contribution in [2.45, 2.75) is 27.2 Å². The Kier molecular flexibility index (Phi) is 5.35. The van der Waals surface area contributed by atoms with Crippen molar-refractivity contribution >= 4 is 35.1 Å². The maximum absolute atomic E-state index is 13.1. The molecule has 2 bridgehead atoms. The maximum Gasteiger partial charge on any atom is 0.338 e. The zero-order valence-corrected chi connectivity index (χ0v) is 19.3. The number of fused-ring (bicyclic) bond motifs is 5. The van der Waals surface area contributed by atoms with Crippen molar-refractivity contribution in [2.75, 3.05) is 16.8 Å². The molecular formula is C27H26N2O5. The molecule has 1 aliphatic heterocycles. The van der Waals surface area contributed by atoms with Crippen molar-refractivity contribution < 1.29 is 23.9 Å². The number of hydrogen-bond acceptors (Lipinski definition) is 5. The number of aryl methyl sites for hydroxylation is 2. The number of nitrogens with one attached hydrogen (secondary N) is 1. The SMILES string of the molecule is CC1=C[C@H]2C[C@H]1[C@@H]1C(=O)N(c3ccc(C(=O)OCC(=O)Nc4ccc(C)cc4C)cc3)C(=O)[C@H]12. The van der Waals surface area contributed by atoms with Gasteiger partial charge in [-0.3, -0.25) is 19.3 Å². The fraction of sp³-hybridized carbons (Fsp3) is 0.333. The number of ether oxygens (including phenoxy) is 1. The van der Waals surface area contributed by atoms with Gasteiger partial charge in [0.2, 0.25) is 11.8 Å². The Morgan fingerprint density at radius 2 is 1.71 bits per heavy atom. The number of anilines is 2. The maximum atomic E-state index is 13.1. The summed E-state index contributed by atoms with van der Waals surface area (Å²) in [6.45, 7) is 5.47. The van der Waals surface area contributed by atoms with Gasteiger partial charge >= 0.3 is 5.97 Å². The first-order chi connectivity index (χ1) is 16.2. The van der Waals surface area contributed by atoms with E-state index >= 15 is 0 Å². The fourth-order valence-corrected chi connectivity index (χ4v) is 5.63. The molecule has 174 valence electrons. The standard InChI is InChI=1S/C27H26N2O5/c1-14-4-9-21(16(3)10-14)28-22(30)13-34-27(33)17-5-7-19(8-6-17)29-25(31)23-18-11-15(2)20(12-18)24(23)26(29)32/h4-11,18,20,23-24H,12-13H2,1-3H3,(H,28,30)/t18-,20+,23-,24-/m0/s1. The quantitative estimate of drug-likeness (QED) is 0.418. The summed E-state index contributed by atoms with van der Waals surface area (Å²) in [5.41, 5.74) is 4.56. The zero-order valence-electron chi connectivity index (χ0n) is 19.3. The first-order valence-corrected chi connectivity index (χ1v) is 11.4. The summed E-state index contributed by atoms with van der Waals surface area (Å²) < 4.78 is 5.14. The molecule has 2 aliphatic carbocycles. The second-order valence-corrected chi connectivity index (χ2v) is 9.47. The second-order valence-electron chi connectivity index (χ2n) is 9.47. The van der Waals surface area contributed by atoms with E-state index in [0.29, 0.717) is 11.4 Å². The van der Waals surface area contributed by atoms with Gasteiger partial charge in [0.1, 0.15) is 0 Å². The van der Waals surface area contributed by atoms with Crippen LogP contribution in [0.15, 0.2) is 54.1 Å². The Balaban J connectivity index is 1.21. The first kappa shape index (κ1) is 22.1. The fourth-order valence-electron chi connectivity index (χ4n) is 5.63. The predicted octanol–water partition coefficient (Wildman–Crippen LogP) is 3.80. The van der Waals surface area contributed by atoms with Gasteiger partial charge in [-0.1, -0.05) is 29.3 Å². The number of esters is 1. The summed E-state index contributed by atoms with van der Waals surface area (Å²) in [5, 5.41) is 2.73. The van der Waals surface area contributed by atoms with Crippen molar-refractivity contribution in [3.63, 3.8) is 0 Å². The molecule has 0 spiro atoms. The van der Waals surface area contributed by atoms with Gasteiger partial charge in [0, 0.05) is 5.69 Å². The van der Waals surface area contributed by atoms with E-state index in [4.69, 9.17) is 4.74 Å². The Labute approximate surface area is 197 Å². The Morgan fingerprint density at radius 1 is 1.00 bits per heavy atom. The highest BCUT2D eigenvalue weighted by Crippen LogP contribution is 2.55. The molecule has 2 aromatic carbocycles. The minimum Gasteiger partial charge on any atom is -0.452 e. The van der Waals surface area contributed by atoms with Gasteiger partial charge in [0.15, 0.2) is 6.61 Å². The molecule has 7 heteroatoms. The van der Waals surface area contributed by atoms with Crippen molar-refractivity contribution in [3.8, 4) is 0 Å². The summed E-state index contributed by atoms with van der Waals surface area (Å²) in [5.74, 6) is -1.67. The molecule has 1 N–H and O–H groups in total. The topological polar surface area (TPSA) is 92.8 Å². The van der Waals surface area contributed by atoms with E-state index < -0.39 is 18.5 Å². The lowest BCUT2D eigenvalue weighted by atomic mass is 9.82. The average molecular weight is 459 g/mol. The van der Waals surface area contributed by atoms with E-state index in [9.17, 15) is 19.2 Å². The molecule has 4 atom stereocenters. The molecule has 0 unspecified atom stereocenters. The molecule has 5 rings (SSSR count). The van der Waals surface area contributed by atoms with Gasteiger partial charge < -0.3 is 10.1 Å². The molecule has 7 nitrogen and oxygen atoms in total. The number of rotatable bonds is 5. The van der Waals surface area contributed by atoms with Crippen LogP contribution in [0, 0.1) is 37.5 Å². The smallest absolute Gasteiger partial charge is 0.338 e. The monoisotopic (exact) mass is 458 g/mol. The molecule has 3 amide bonds. The van der Waals surface area contributed by atoms with Crippen LogP contribution < -0.4 is 10.2 Å². The normalized spacial score (nSPS) is 24.8. The molecule has 1 heterocycles. The van der Waals surface area contributed by atoms with Gasteiger partial charge in [-0.05, 0) is 74.9 Å². The lowest BCUT2D eigenvalue weighted by molar-refractivity contribution is -0.123. The van der Waals surface area contributed by atoms with E-state index in [1.807, 2.05) is 32.9 Å². The van der Waals surface area contributed by atoms with Gasteiger partial charge in [-0.25, -0.2) is 4.79 Å². The van der Waals surface area contributed by atoms with Crippen LogP contribution in [-0.2, 0) is 19.1 Å². The molecule has 2 aromatic rings. The highest BCUT2D eigenvalue weighted by Gasteiger charge is 2.60. The van der Waals surface area contributed by atoms with Gasteiger partial charge in [0.05, 0.1) is 23.1 Å². The summed E-state index contributed by atoms with van der Waals surface area (Å²) in [4.78, 5) is 51.9. The number of carbonyl (C=O) groups is 4. The molecule has 3 aliphatic rings. The van der Waals surface area contributed by atoms with Crippen molar-refractivity contribution in [2.24, 2.45) is 23.7 Å². The average Bonchev–Trinajstić information content (AvgIpc) is 3.44.